The molecule has 0 aliphatic carbocycles. The Morgan fingerprint density at radius 2 is 2.05 bits per heavy atom. The topological polar surface area (TPSA) is 58.0 Å². The number of benzene rings is 2. The van der Waals surface area contributed by atoms with Crippen molar-refractivity contribution in [3.05, 3.63) is 47.5 Å². The zero-order chi connectivity index (χ0) is 14.1. The second-order valence-corrected chi connectivity index (χ2v) is 5.97. The number of nitrogens with zero attached hydrogens (tertiary/aromatic N) is 2. The summed E-state index contributed by atoms with van der Waals surface area (Å²) in [5.74, 6) is 0.314. The standard InChI is InChI=1S/C15H15N3OSe/c1-9-6-7-14(19)11(8-9)10(2)16-12-4-3-5-13-15(12)18-20-17-13/h3-8,10,16,19H,1-2H3. The van der Waals surface area contributed by atoms with Crippen LogP contribution in [0.4, 0.5) is 5.69 Å². The second kappa shape index (κ2) is 5.27. The first kappa shape index (κ1) is 13.2. The van der Waals surface area contributed by atoms with Crippen molar-refractivity contribution in [2.45, 2.75) is 19.9 Å². The molecule has 0 saturated heterocycles. The van der Waals surface area contributed by atoms with Crippen molar-refractivity contribution < 1.29 is 5.11 Å². The van der Waals surface area contributed by atoms with E-state index in [4.69, 9.17) is 0 Å². The Labute approximate surface area is 123 Å². The molecule has 3 aromatic rings. The first-order valence-corrected chi connectivity index (χ1v) is 7.95. The van der Waals surface area contributed by atoms with Gasteiger partial charge in [0.15, 0.2) is 0 Å². The number of anilines is 1. The molecule has 5 heteroatoms. The van der Waals surface area contributed by atoms with Gasteiger partial charge in [0.25, 0.3) is 0 Å². The number of phenolic OH excluding ortho intramolecular Hbond substituents is 1. The number of hydrogen-bond acceptors (Lipinski definition) is 4. The molecule has 102 valence electrons. The normalized spacial score (nSPS) is 12.5. The van der Waals surface area contributed by atoms with Gasteiger partial charge in [-0.3, -0.25) is 0 Å². The van der Waals surface area contributed by atoms with Gasteiger partial charge in [-0.2, -0.15) is 0 Å². The Hall–Kier alpha value is -1.84. The fraction of sp³-hybridized carbons (Fsp3) is 0.200. The van der Waals surface area contributed by atoms with Gasteiger partial charge in [-0.05, 0) is 0 Å². The third-order valence-electron chi connectivity index (χ3n) is 3.31. The van der Waals surface area contributed by atoms with Gasteiger partial charge >= 0.3 is 123 Å². The van der Waals surface area contributed by atoms with Crippen molar-refractivity contribution in [2.75, 3.05) is 5.32 Å². The van der Waals surface area contributed by atoms with Gasteiger partial charge in [0.1, 0.15) is 0 Å². The predicted octanol–water partition coefficient (Wildman–Crippen LogP) is 2.87. The molecule has 1 atom stereocenters. The average molecular weight is 332 g/mol. The van der Waals surface area contributed by atoms with E-state index in [-0.39, 0.29) is 21.0 Å². The molecule has 1 heterocycles. The summed E-state index contributed by atoms with van der Waals surface area (Å²) in [5.41, 5.74) is 4.89. The van der Waals surface area contributed by atoms with E-state index < -0.39 is 0 Å². The van der Waals surface area contributed by atoms with Gasteiger partial charge in [-0.15, -0.1) is 0 Å². The maximum absolute atomic E-state index is 10.00. The molecular weight excluding hydrogens is 317 g/mol. The quantitative estimate of drug-likeness (QED) is 0.724. The molecule has 1 aromatic heterocycles. The van der Waals surface area contributed by atoms with E-state index >= 15 is 0 Å². The Morgan fingerprint density at radius 1 is 1.20 bits per heavy atom. The summed E-state index contributed by atoms with van der Waals surface area (Å²) in [6, 6.07) is 11.6. The number of nitrogens with one attached hydrogen (secondary N) is 1. The van der Waals surface area contributed by atoms with Crippen LogP contribution in [0.3, 0.4) is 0 Å². The number of aromatic nitrogens is 2. The fourth-order valence-corrected chi connectivity index (χ4v) is 3.41. The number of aromatic hydroxyl groups is 1. The van der Waals surface area contributed by atoms with Crippen LogP contribution in [0.5, 0.6) is 5.75 Å². The van der Waals surface area contributed by atoms with E-state index in [9.17, 15) is 5.11 Å². The third kappa shape index (κ3) is 2.42. The Morgan fingerprint density at radius 3 is 2.90 bits per heavy atom. The van der Waals surface area contributed by atoms with Crippen LogP contribution in [-0.2, 0) is 0 Å². The number of aryl methyl sites for hydroxylation is 1. The molecule has 0 fully saturated rings. The van der Waals surface area contributed by atoms with Crippen molar-refractivity contribution in [1.29, 1.82) is 0 Å². The van der Waals surface area contributed by atoms with Crippen LogP contribution in [0.25, 0.3) is 11.0 Å². The van der Waals surface area contributed by atoms with Crippen molar-refractivity contribution in [2.24, 2.45) is 0 Å². The van der Waals surface area contributed by atoms with Gasteiger partial charge in [-0.1, -0.05) is 0 Å². The van der Waals surface area contributed by atoms with Crippen LogP contribution >= 0.6 is 0 Å². The maximum atomic E-state index is 10.00. The molecular formula is C15H15N3OSe. The molecule has 20 heavy (non-hydrogen) atoms. The molecule has 2 aromatic carbocycles. The zero-order valence-corrected chi connectivity index (χ0v) is 13.0. The van der Waals surface area contributed by atoms with Crippen molar-refractivity contribution in [3.63, 3.8) is 0 Å². The Kier molecular flexibility index (Phi) is 3.47. The average Bonchev–Trinajstić information content (AvgIpc) is 2.91. The van der Waals surface area contributed by atoms with Crippen LogP contribution in [-0.4, -0.2) is 28.0 Å². The monoisotopic (exact) mass is 333 g/mol. The summed E-state index contributed by atoms with van der Waals surface area (Å²) < 4.78 is 8.83. The molecule has 0 saturated carbocycles. The van der Waals surface area contributed by atoms with Crippen LogP contribution in [0.2, 0.25) is 0 Å². The molecule has 0 bridgehead atoms. The molecule has 0 radical (unpaired) electrons. The zero-order valence-electron chi connectivity index (χ0n) is 11.3. The van der Waals surface area contributed by atoms with Gasteiger partial charge in [-0.25, -0.2) is 0 Å². The number of fused-ring (bicyclic) bond motifs is 1. The van der Waals surface area contributed by atoms with Crippen LogP contribution in [0.1, 0.15) is 24.1 Å². The first-order chi connectivity index (χ1) is 9.65. The molecule has 2 N–H and O–H groups in total. The van der Waals surface area contributed by atoms with E-state index in [1.807, 2.05) is 44.2 Å². The number of rotatable bonds is 3. The molecule has 4 nitrogen and oxygen atoms in total. The summed E-state index contributed by atoms with van der Waals surface area (Å²) in [7, 11) is 0. The van der Waals surface area contributed by atoms with Crippen LogP contribution in [0.15, 0.2) is 36.4 Å². The van der Waals surface area contributed by atoms with E-state index in [2.05, 4.69) is 13.3 Å². The van der Waals surface area contributed by atoms with E-state index in [0.717, 1.165) is 27.8 Å². The third-order valence-corrected chi connectivity index (χ3v) is 4.45. The number of hydrogen-bond donors (Lipinski definition) is 2. The predicted molar refractivity (Wildman–Crippen MR) is 81.4 cm³/mol. The van der Waals surface area contributed by atoms with Crippen LogP contribution in [0, 0.1) is 6.92 Å². The van der Waals surface area contributed by atoms with Crippen molar-refractivity contribution in [3.8, 4) is 5.75 Å². The summed E-state index contributed by atoms with van der Waals surface area (Å²) >= 11 is -0.0329. The molecule has 1 unspecified atom stereocenters. The van der Waals surface area contributed by atoms with Gasteiger partial charge < -0.3 is 0 Å². The summed E-state index contributed by atoms with van der Waals surface area (Å²) in [6.07, 6.45) is 0. The Bertz CT molecular complexity index is 754. The molecule has 3 rings (SSSR count). The van der Waals surface area contributed by atoms with Gasteiger partial charge in [0.2, 0.25) is 0 Å². The SMILES string of the molecule is Cc1ccc(O)c(C(C)Nc2cccc3n[se]nc23)c1. The van der Waals surface area contributed by atoms with E-state index in [1.165, 1.54) is 0 Å². The summed E-state index contributed by atoms with van der Waals surface area (Å²) in [6.45, 7) is 4.05. The van der Waals surface area contributed by atoms with Gasteiger partial charge in [0, 0.05) is 0 Å². The second-order valence-electron chi connectivity index (χ2n) is 4.87. The fourth-order valence-electron chi connectivity index (χ4n) is 2.25. The van der Waals surface area contributed by atoms with Gasteiger partial charge in [0.05, 0.1) is 0 Å². The van der Waals surface area contributed by atoms with E-state index in [1.54, 1.807) is 6.07 Å². The summed E-state index contributed by atoms with van der Waals surface area (Å²) in [4.78, 5) is 0. The van der Waals surface area contributed by atoms with Crippen LogP contribution < -0.4 is 5.32 Å². The minimum atomic E-state index is -0.0329. The molecule has 0 aliphatic heterocycles. The van der Waals surface area contributed by atoms with Crippen molar-refractivity contribution in [1.82, 2.24) is 7.96 Å². The van der Waals surface area contributed by atoms with E-state index in [0.29, 0.717) is 5.75 Å². The van der Waals surface area contributed by atoms with Crippen molar-refractivity contribution >= 4 is 31.7 Å². The minimum absolute atomic E-state index is 0.00435. The molecule has 0 amide bonds. The first-order valence-electron chi connectivity index (χ1n) is 6.42. The summed E-state index contributed by atoms with van der Waals surface area (Å²) in [5, 5.41) is 13.4. The Balaban J connectivity index is 1.94. The number of phenols is 1. The molecule has 0 spiro atoms. The molecule has 0 aliphatic rings.